The van der Waals surface area contributed by atoms with Gasteiger partial charge in [0, 0.05) is 18.6 Å². The van der Waals surface area contributed by atoms with E-state index in [4.69, 9.17) is 0 Å². The molecule has 0 fully saturated rings. The lowest BCUT2D eigenvalue weighted by atomic mass is 10.3. The van der Waals surface area contributed by atoms with Crippen LogP contribution in [0.1, 0.15) is 16.1 Å². The molecule has 0 amide bonds. The molecule has 0 N–H and O–H groups in total. The van der Waals surface area contributed by atoms with Crippen molar-refractivity contribution in [3.63, 3.8) is 0 Å². The lowest BCUT2D eigenvalue weighted by Crippen LogP contribution is -1.94. The van der Waals surface area contributed by atoms with Crippen LogP contribution in [0.15, 0.2) is 36.8 Å². The van der Waals surface area contributed by atoms with E-state index in [1.54, 1.807) is 0 Å². The molecule has 3 heteroatoms. The minimum absolute atomic E-state index is 0.730. The maximum Gasteiger partial charge on any atom is 0.167 e. The fraction of sp³-hybridized carbons (Fsp3) is 0.0833. The number of carbonyl (C=O) groups is 1. The summed E-state index contributed by atoms with van der Waals surface area (Å²) in [5, 5.41) is 0. The van der Waals surface area contributed by atoms with E-state index in [2.05, 4.69) is 0 Å². The molecule has 15 heavy (non-hydrogen) atoms. The molecule has 0 aliphatic heterocycles. The second-order valence-corrected chi connectivity index (χ2v) is 3.68. The summed E-state index contributed by atoms with van der Waals surface area (Å²) in [5.74, 6) is 0. The average Bonchev–Trinajstić information content (AvgIpc) is 2.79. The lowest BCUT2D eigenvalue weighted by Gasteiger charge is -2.00. The van der Waals surface area contributed by atoms with Crippen LogP contribution in [0.3, 0.4) is 0 Å². The molecule has 3 nitrogen and oxygen atoms in total. The molecule has 0 saturated carbocycles. The normalized spacial score (nSPS) is 11.3. The molecular weight excluding hydrogens is 188 g/mol. The Morgan fingerprint density at radius 3 is 2.87 bits per heavy atom. The van der Waals surface area contributed by atoms with Gasteiger partial charge in [0.1, 0.15) is 0 Å². The number of nitrogens with zero attached hydrogens (tertiary/aromatic N) is 2. The van der Waals surface area contributed by atoms with Crippen molar-refractivity contribution in [2.75, 3.05) is 0 Å². The van der Waals surface area contributed by atoms with Crippen LogP contribution in [0.5, 0.6) is 0 Å². The van der Waals surface area contributed by atoms with Gasteiger partial charge in [-0.15, -0.1) is 0 Å². The average molecular weight is 198 g/mol. The van der Waals surface area contributed by atoms with E-state index < -0.39 is 0 Å². The molecule has 3 aromatic heterocycles. The zero-order valence-electron chi connectivity index (χ0n) is 8.34. The Morgan fingerprint density at radius 1 is 1.20 bits per heavy atom. The SMILES string of the molecule is Cc1cc2c3cccn3ccn2c1C=O. The number of rotatable bonds is 1. The monoisotopic (exact) mass is 198 g/mol. The minimum Gasteiger partial charge on any atom is -0.320 e. The van der Waals surface area contributed by atoms with E-state index in [1.807, 2.05) is 52.5 Å². The first-order valence-electron chi connectivity index (χ1n) is 4.84. The molecule has 3 heterocycles. The number of aldehydes is 1. The van der Waals surface area contributed by atoms with Crippen LogP contribution in [0.2, 0.25) is 0 Å². The van der Waals surface area contributed by atoms with Crippen molar-refractivity contribution < 1.29 is 4.79 Å². The first kappa shape index (κ1) is 8.29. The Morgan fingerprint density at radius 2 is 2.07 bits per heavy atom. The number of carbonyl (C=O) groups excluding carboxylic acids is 1. The summed E-state index contributed by atoms with van der Waals surface area (Å²) in [7, 11) is 0. The molecule has 0 aliphatic carbocycles. The van der Waals surface area contributed by atoms with Gasteiger partial charge in [0.2, 0.25) is 0 Å². The van der Waals surface area contributed by atoms with Crippen molar-refractivity contribution in [1.82, 2.24) is 8.80 Å². The quantitative estimate of drug-likeness (QED) is 0.551. The second kappa shape index (κ2) is 2.73. The Hall–Kier alpha value is -2.03. The van der Waals surface area contributed by atoms with Crippen molar-refractivity contribution >= 4 is 17.3 Å². The Balaban J connectivity index is 2.59. The van der Waals surface area contributed by atoms with Gasteiger partial charge in [0.15, 0.2) is 6.29 Å². The minimum atomic E-state index is 0.730. The van der Waals surface area contributed by atoms with Gasteiger partial charge in [0.25, 0.3) is 0 Å². The highest BCUT2D eigenvalue weighted by Crippen LogP contribution is 2.19. The Kier molecular flexibility index (Phi) is 1.51. The van der Waals surface area contributed by atoms with Crippen molar-refractivity contribution in [1.29, 1.82) is 0 Å². The summed E-state index contributed by atoms with van der Waals surface area (Å²) in [5.41, 5.74) is 3.93. The van der Waals surface area contributed by atoms with Crippen LogP contribution in [0, 0.1) is 6.92 Å². The molecule has 3 aromatic rings. The molecule has 0 spiro atoms. The van der Waals surface area contributed by atoms with E-state index in [0.717, 1.165) is 28.6 Å². The van der Waals surface area contributed by atoms with Crippen LogP contribution in [0.25, 0.3) is 11.0 Å². The van der Waals surface area contributed by atoms with E-state index in [-0.39, 0.29) is 0 Å². The van der Waals surface area contributed by atoms with Crippen LogP contribution in [-0.2, 0) is 0 Å². The van der Waals surface area contributed by atoms with E-state index in [0.29, 0.717) is 0 Å². The number of fused-ring (bicyclic) bond motifs is 3. The molecule has 0 atom stereocenters. The van der Waals surface area contributed by atoms with E-state index in [9.17, 15) is 4.79 Å². The first-order chi connectivity index (χ1) is 7.31. The topological polar surface area (TPSA) is 25.9 Å². The highest BCUT2D eigenvalue weighted by atomic mass is 16.1. The summed E-state index contributed by atoms with van der Waals surface area (Å²) >= 11 is 0. The number of aryl methyl sites for hydroxylation is 1. The highest BCUT2D eigenvalue weighted by molar-refractivity contribution is 5.85. The maximum absolute atomic E-state index is 10.9. The summed E-state index contributed by atoms with van der Waals surface area (Å²) in [6.07, 6.45) is 6.77. The third-order valence-electron chi connectivity index (χ3n) is 2.81. The molecule has 0 aliphatic rings. The fourth-order valence-corrected chi connectivity index (χ4v) is 2.06. The van der Waals surface area contributed by atoms with Crippen molar-refractivity contribution in [3.8, 4) is 0 Å². The smallest absolute Gasteiger partial charge is 0.167 e. The predicted octanol–water partition coefficient (Wildman–Crippen LogP) is 2.31. The molecule has 74 valence electrons. The standard InChI is InChI=1S/C12H10N2O/c1-9-7-11-10-3-2-4-13(10)5-6-14(11)12(9)8-15/h2-8H,1H3. The molecular formula is C12H10N2O. The highest BCUT2D eigenvalue weighted by Gasteiger charge is 2.07. The molecule has 0 bridgehead atoms. The van der Waals surface area contributed by atoms with E-state index >= 15 is 0 Å². The number of aromatic nitrogens is 2. The van der Waals surface area contributed by atoms with Gasteiger partial charge in [-0.25, -0.2) is 0 Å². The van der Waals surface area contributed by atoms with Gasteiger partial charge in [0.05, 0.1) is 16.7 Å². The van der Waals surface area contributed by atoms with E-state index in [1.165, 1.54) is 0 Å². The number of hydrogen-bond acceptors (Lipinski definition) is 1. The number of hydrogen-bond donors (Lipinski definition) is 0. The fourth-order valence-electron chi connectivity index (χ4n) is 2.06. The van der Waals surface area contributed by atoms with Crippen molar-refractivity contribution in [2.24, 2.45) is 0 Å². The van der Waals surface area contributed by atoms with Gasteiger partial charge in [-0.05, 0) is 30.7 Å². The van der Waals surface area contributed by atoms with Crippen LogP contribution < -0.4 is 0 Å². The summed E-state index contributed by atoms with van der Waals surface area (Å²) < 4.78 is 3.97. The molecule has 0 unspecified atom stereocenters. The zero-order chi connectivity index (χ0) is 10.4. The summed E-state index contributed by atoms with van der Waals surface area (Å²) in [6.45, 7) is 1.95. The van der Waals surface area contributed by atoms with Crippen molar-refractivity contribution in [2.45, 2.75) is 6.92 Å². The molecule has 3 rings (SSSR count). The molecule has 0 radical (unpaired) electrons. The van der Waals surface area contributed by atoms with Gasteiger partial charge >= 0.3 is 0 Å². The van der Waals surface area contributed by atoms with Gasteiger partial charge < -0.3 is 8.80 Å². The largest absolute Gasteiger partial charge is 0.320 e. The Labute approximate surface area is 86.6 Å². The van der Waals surface area contributed by atoms with Gasteiger partial charge in [-0.3, -0.25) is 4.79 Å². The van der Waals surface area contributed by atoms with Gasteiger partial charge in [-0.2, -0.15) is 0 Å². The Bertz CT molecular complexity index is 661. The third-order valence-corrected chi connectivity index (χ3v) is 2.81. The lowest BCUT2D eigenvalue weighted by molar-refractivity contribution is 0.111. The van der Waals surface area contributed by atoms with Crippen LogP contribution in [0.4, 0.5) is 0 Å². The van der Waals surface area contributed by atoms with Crippen LogP contribution >= 0.6 is 0 Å². The maximum atomic E-state index is 10.9. The third kappa shape index (κ3) is 0.973. The van der Waals surface area contributed by atoms with Crippen LogP contribution in [-0.4, -0.2) is 15.1 Å². The molecule has 0 saturated heterocycles. The molecule has 0 aromatic carbocycles. The summed E-state index contributed by atoms with van der Waals surface area (Å²) in [6, 6.07) is 6.08. The predicted molar refractivity (Wildman–Crippen MR) is 58.5 cm³/mol. The van der Waals surface area contributed by atoms with Crippen molar-refractivity contribution in [3.05, 3.63) is 48.0 Å². The second-order valence-electron chi connectivity index (χ2n) is 3.68. The summed E-state index contributed by atoms with van der Waals surface area (Å²) in [4.78, 5) is 10.9. The van der Waals surface area contributed by atoms with Gasteiger partial charge in [-0.1, -0.05) is 0 Å². The first-order valence-corrected chi connectivity index (χ1v) is 4.84. The zero-order valence-corrected chi connectivity index (χ0v) is 8.34.